The van der Waals surface area contributed by atoms with Crippen molar-refractivity contribution in [2.24, 2.45) is 5.92 Å². The van der Waals surface area contributed by atoms with Gasteiger partial charge in [0.15, 0.2) is 0 Å². The quantitative estimate of drug-likeness (QED) is 0.836. The zero-order chi connectivity index (χ0) is 14.1. The van der Waals surface area contributed by atoms with Gasteiger partial charge in [0, 0.05) is 31.1 Å². The highest BCUT2D eigenvalue weighted by Crippen LogP contribution is 2.32. The molecular weight excluding hydrogens is 268 g/mol. The highest BCUT2D eigenvalue weighted by Gasteiger charge is 2.25. The van der Waals surface area contributed by atoms with E-state index < -0.39 is 0 Å². The first-order valence-corrected chi connectivity index (χ1v) is 8.62. The number of carbonyl (C=O) groups excluding carboxylic acids is 1. The summed E-state index contributed by atoms with van der Waals surface area (Å²) in [7, 11) is 0. The number of thiophene rings is 1. The van der Waals surface area contributed by atoms with Crippen molar-refractivity contribution in [1.29, 1.82) is 0 Å². The molecular formula is C16H24N2OS. The van der Waals surface area contributed by atoms with Crippen LogP contribution in [0, 0.1) is 5.92 Å². The van der Waals surface area contributed by atoms with Gasteiger partial charge in [0.25, 0.3) is 5.91 Å². The van der Waals surface area contributed by atoms with Crippen molar-refractivity contribution < 1.29 is 4.79 Å². The summed E-state index contributed by atoms with van der Waals surface area (Å²) < 4.78 is 0. The number of carbonyl (C=O) groups is 1. The molecule has 1 aromatic heterocycles. The number of hydrogen-bond acceptors (Lipinski definition) is 3. The number of hydrogen-bond donors (Lipinski definition) is 0. The van der Waals surface area contributed by atoms with E-state index in [1.54, 1.807) is 11.3 Å². The van der Waals surface area contributed by atoms with E-state index in [1.165, 1.54) is 16.9 Å². The summed E-state index contributed by atoms with van der Waals surface area (Å²) in [6.45, 7) is 9.39. The van der Waals surface area contributed by atoms with Gasteiger partial charge in [-0.3, -0.25) is 4.79 Å². The van der Waals surface area contributed by atoms with E-state index in [-0.39, 0.29) is 5.91 Å². The van der Waals surface area contributed by atoms with Gasteiger partial charge in [-0.25, -0.2) is 0 Å². The summed E-state index contributed by atoms with van der Waals surface area (Å²) in [5.41, 5.74) is 1.43. The zero-order valence-corrected chi connectivity index (χ0v) is 13.3. The van der Waals surface area contributed by atoms with E-state index in [0.29, 0.717) is 0 Å². The lowest BCUT2D eigenvalue weighted by Gasteiger charge is -2.33. The number of nitrogens with zero attached hydrogens (tertiary/aromatic N) is 2. The molecule has 0 N–H and O–H groups in total. The lowest BCUT2D eigenvalue weighted by molar-refractivity contribution is 0.0648. The minimum atomic E-state index is 0.257. The summed E-state index contributed by atoms with van der Waals surface area (Å²) in [4.78, 5) is 19.5. The van der Waals surface area contributed by atoms with Crippen LogP contribution in [0.15, 0.2) is 6.07 Å². The van der Waals surface area contributed by atoms with E-state index in [2.05, 4.69) is 24.8 Å². The van der Waals surface area contributed by atoms with Crippen molar-refractivity contribution in [1.82, 2.24) is 9.80 Å². The lowest BCUT2D eigenvalue weighted by Crippen LogP contribution is -2.48. The highest BCUT2D eigenvalue weighted by atomic mass is 32.1. The first kappa shape index (κ1) is 14.1. The highest BCUT2D eigenvalue weighted by molar-refractivity contribution is 7.14. The summed E-state index contributed by atoms with van der Waals surface area (Å²) in [5.74, 6) is 1.03. The molecule has 1 saturated heterocycles. The van der Waals surface area contributed by atoms with Crippen molar-refractivity contribution in [3.63, 3.8) is 0 Å². The van der Waals surface area contributed by atoms with Gasteiger partial charge in [0.1, 0.15) is 0 Å². The second-order valence-electron chi connectivity index (χ2n) is 6.13. The Morgan fingerprint density at radius 1 is 1.35 bits per heavy atom. The maximum Gasteiger partial charge on any atom is 0.264 e. The van der Waals surface area contributed by atoms with Crippen molar-refractivity contribution in [2.75, 3.05) is 32.7 Å². The molecule has 1 unspecified atom stereocenters. The molecule has 110 valence electrons. The van der Waals surface area contributed by atoms with Crippen LogP contribution in [0.2, 0.25) is 0 Å². The smallest absolute Gasteiger partial charge is 0.264 e. The van der Waals surface area contributed by atoms with Crippen molar-refractivity contribution >= 4 is 17.2 Å². The van der Waals surface area contributed by atoms with Gasteiger partial charge < -0.3 is 9.80 Å². The number of fused-ring (bicyclic) bond motifs is 1. The first-order chi connectivity index (χ1) is 9.67. The predicted octanol–water partition coefficient (Wildman–Crippen LogP) is 2.65. The molecule has 3 rings (SSSR count). The summed E-state index contributed by atoms with van der Waals surface area (Å²) in [6, 6.07) is 2.17. The largest absolute Gasteiger partial charge is 0.335 e. The molecule has 0 saturated carbocycles. The standard InChI is InChI=1S/C16H24N2OS/c1-3-17-6-8-18(9-7-17)16(19)15-11-13-10-12(2)4-5-14(13)20-15/h11-12H,3-10H2,1-2H3. The lowest BCUT2D eigenvalue weighted by atomic mass is 9.90. The minimum Gasteiger partial charge on any atom is -0.335 e. The maximum absolute atomic E-state index is 12.6. The Morgan fingerprint density at radius 2 is 2.10 bits per heavy atom. The average molecular weight is 292 g/mol. The van der Waals surface area contributed by atoms with Gasteiger partial charge in [0.05, 0.1) is 4.88 Å². The fourth-order valence-corrected chi connectivity index (χ4v) is 4.41. The van der Waals surface area contributed by atoms with Crippen LogP contribution in [0.4, 0.5) is 0 Å². The molecule has 2 heterocycles. The molecule has 0 spiro atoms. The SMILES string of the molecule is CCN1CCN(C(=O)c2cc3c(s2)CCC(C)C3)CC1. The summed E-state index contributed by atoms with van der Waals surface area (Å²) in [6.07, 6.45) is 3.59. The molecule has 20 heavy (non-hydrogen) atoms. The molecule has 0 aromatic carbocycles. The van der Waals surface area contributed by atoms with E-state index in [4.69, 9.17) is 0 Å². The summed E-state index contributed by atoms with van der Waals surface area (Å²) >= 11 is 1.74. The van der Waals surface area contributed by atoms with Gasteiger partial charge in [-0.05, 0) is 43.4 Å². The van der Waals surface area contributed by atoms with Crippen LogP contribution < -0.4 is 0 Å². The van der Waals surface area contributed by atoms with E-state index in [9.17, 15) is 4.79 Å². The Kier molecular flexibility index (Phi) is 4.13. The van der Waals surface area contributed by atoms with Gasteiger partial charge in [-0.15, -0.1) is 11.3 Å². The Labute approximate surface area is 125 Å². The molecule has 1 atom stereocenters. The van der Waals surface area contributed by atoms with Crippen LogP contribution in [-0.4, -0.2) is 48.4 Å². The van der Waals surface area contributed by atoms with E-state index >= 15 is 0 Å². The van der Waals surface area contributed by atoms with Gasteiger partial charge in [-0.1, -0.05) is 13.8 Å². The molecule has 1 aliphatic heterocycles. The molecule has 3 nitrogen and oxygen atoms in total. The molecule has 4 heteroatoms. The number of rotatable bonds is 2. The van der Waals surface area contributed by atoms with E-state index in [1.807, 2.05) is 4.90 Å². The van der Waals surface area contributed by atoms with Crippen LogP contribution in [0.5, 0.6) is 0 Å². The van der Waals surface area contributed by atoms with Crippen LogP contribution in [0.3, 0.4) is 0 Å². The Hall–Kier alpha value is -0.870. The molecule has 1 amide bonds. The van der Waals surface area contributed by atoms with Crippen LogP contribution in [0.25, 0.3) is 0 Å². The van der Waals surface area contributed by atoms with Crippen molar-refractivity contribution in [3.05, 3.63) is 21.4 Å². The number of piperazine rings is 1. The molecule has 1 aromatic rings. The van der Waals surface area contributed by atoms with Crippen molar-refractivity contribution in [2.45, 2.75) is 33.1 Å². The second-order valence-corrected chi connectivity index (χ2v) is 7.27. The fraction of sp³-hybridized carbons (Fsp3) is 0.688. The predicted molar refractivity (Wildman–Crippen MR) is 83.5 cm³/mol. The van der Waals surface area contributed by atoms with Crippen LogP contribution in [0.1, 0.15) is 40.4 Å². The van der Waals surface area contributed by atoms with Gasteiger partial charge in [0.2, 0.25) is 0 Å². The molecule has 2 aliphatic rings. The van der Waals surface area contributed by atoms with Gasteiger partial charge in [-0.2, -0.15) is 0 Å². The molecule has 0 radical (unpaired) electrons. The Bertz CT molecular complexity index is 489. The normalized spacial score (nSPS) is 23.7. The molecule has 1 fully saturated rings. The van der Waals surface area contributed by atoms with Crippen LogP contribution in [-0.2, 0) is 12.8 Å². The molecule has 0 bridgehead atoms. The van der Waals surface area contributed by atoms with Crippen LogP contribution >= 0.6 is 11.3 Å². The first-order valence-electron chi connectivity index (χ1n) is 7.80. The number of likely N-dealkylation sites (N-methyl/N-ethyl adjacent to an activating group) is 1. The third kappa shape index (κ3) is 2.77. The molecule has 1 aliphatic carbocycles. The zero-order valence-electron chi connectivity index (χ0n) is 12.5. The number of aryl methyl sites for hydroxylation is 1. The average Bonchev–Trinajstić information content (AvgIpc) is 2.89. The van der Waals surface area contributed by atoms with E-state index in [0.717, 1.165) is 56.4 Å². The minimum absolute atomic E-state index is 0.257. The second kappa shape index (κ2) is 5.86. The monoisotopic (exact) mass is 292 g/mol. The number of amides is 1. The van der Waals surface area contributed by atoms with Gasteiger partial charge >= 0.3 is 0 Å². The topological polar surface area (TPSA) is 23.6 Å². The Balaban J connectivity index is 1.69. The third-order valence-electron chi connectivity index (χ3n) is 4.65. The third-order valence-corrected chi connectivity index (χ3v) is 5.87. The summed E-state index contributed by atoms with van der Waals surface area (Å²) in [5, 5.41) is 0. The van der Waals surface area contributed by atoms with Crippen molar-refractivity contribution in [3.8, 4) is 0 Å². The maximum atomic E-state index is 12.6. The Morgan fingerprint density at radius 3 is 2.80 bits per heavy atom. The fourth-order valence-electron chi connectivity index (χ4n) is 3.23.